The van der Waals surface area contributed by atoms with Gasteiger partial charge in [-0.25, -0.2) is 0 Å². The fourth-order valence-electron chi connectivity index (χ4n) is 4.51. The van der Waals surface area contributed by atoms with Crippen molar-refractivity contribution in [2.24, 2.45) is 23.7 Å². The first-order valence-electron chi connectivity index (χ1n) is 7.23. The van der Waals surface area contributed by atoms with Gasteiger partial charge in [0.25, 0.3) is 0 Å². The Labute approximate surface area is 110 Å². The zero-order valence-electron chi connectivity index (χ0n) is 11.3. The van der Waals surface area contributed by atoms with E-state index in [1.54, 1.807) is 0 Å². The second-order valence-corrected chi connectivity index (χ2v) is 5.99. The van der Waals surface area contributed by atoms with E-state index >= 15 is 0 Å². The number of hydrogen-bond donors (Lipinski definition) is 0. The molecule has 2 nitrogen and oxygen atoms in total. The molecule has 3 aliphatic rings. The molecule has 1 saturated heterocycles. The maximum absolute atomic E-state index is 11.4. The zero-order chi connectivity index (χ0) is 13.2. The van der Waals surface area contributed by atoms with Gasteiger partial charge in [-0.3, -0.25) is 0 Å². The van der Waals surface area contributed by atoms with E-state index in [0.29, 0.717) is 11.8 Å². The molecule has 0 aromatic carbocycles. The predicted molar refractivity (Wildman–Crippen MR) is 72.0 cm³/mol. The lowest BCUT2D eigenvalue weighted by atomic mass is 9.57. The average molecular weight is 248 g/mol. The SMILES string of the molecule is C#C.CCC1C(C=O)C2CCCCC2CC12CO2. The molecule has 0 amide bonds. The lowest BCUT2D eigenvalue weighted by molar-refractivity contribution is -0.121. The number of rotatable bonds is 2. The number of terminal acetylenes is 1. The molecule has 1 heterocycles. The van der Waals surface area contributed by atoms with Crippen LogP contribution in [0.25, 0.3) is 0 Å². The summed E-state index contributed by atoms with van der Waals surface area (Å²) in [5, 5.41) is 0. The van der Waals surface area contributed by atoms with Crippen molar-refractivity contribution in [2.75, 3.05) is 6.61 Å². The number of aldehydes is 1. The van der Waals surface area contributed by atoms with Gasteiger partial charge in [-0.2, -0.15) is 0 Å². The van der Waals surface area contributed by atoms with Crippen molar-refractivity contribution in [3.63, 3.8) is 0 Å². The summed E-state index contributed by atoms with van der Waals surface area (Å²) in [6.45, 7) is 3.13. The van der Waals surface area contributed by atoms with Crippen molar-refractivity contribution in [3.8, 4) is 12.8 Å². The third kappa shape index (κ3) is 2.10. The van der Waals surface area contributed by atoms with Crippen molar-refractivity contribution in [3.05, 3.63) is 0 Å². The number of carbonyl (C=O) groups is 1. The normalized spacial score (nSPS) is 45.5. The Morgan fingerprint density at radius 2 is 2.00 bits per heavy atom. The second-order valence-electron chi connectivity index (χ2n) is 5.99. The molecule has 18 heavy (non-hydrogen) atoms. The number of ether oxygens (including phenoxy) is 1. The summed E-state index contributed by atoms with van der Waals surface area (Å²) >= 11 is 0. The number of epoxide rings is 1. The quantitative estimate of drug-likeness (QED) is 0.427. The molecule has 2 heteroatoms. The highest BCUT2D eigenvalue weighted by molar-refractivity contribution is 5.56. The molecule has 0 aromatic rings. The molecule has 3 rings (SSSR count). The summed E-state index contributed by atoms with van der Waals surface area (Å²) in [7, 11) is 0. The summed E-state index contributed by atoms with van der Waals surface area (Å²) < 4.78 is 5.76. The first-order valence-corrected chi connectivity index (χ1v) is 7.23. The molecule has 2 aliphatic carbocycles. The molecule has 1 spiro atoms. The topological polar surface area (TPSA) is 29.6 Å². The van der Waals surface area contributed by atoms with E-state index in [1.807, 2.05) is 0 Å². The second kappa shape index (κ2) is 5.45. The van der Waals surface area contributed by atoms with Gasteiger partial charge >= 0.3 is 0 Å². The first-order chi connectivity index (χ1) is 8.80. The summed E-state index contributed by atoms with van der Waals surface area (Å²) in [5.74, 6) is 2.23. The van der Waals surface area contributed by atoms with Gasteiger partial charge < -0.3 is 9.53 Å². The van der Waals surface area contributed by atoms with Crippen LogP contribution in [-0.2, 0) is 9.53 Å². The van der Waals surface area contributed by atoms with Gasteiger partial charge in [-0.1, -0.05) is 26.2 Å². The van der Waals surface area contributed by atoms with E-state index < -0.39 is 0 Å². The van der Waals surface area contributed by atoms with E-state index in [0.717, 1.165) is 18.9 Å². The van der Waals surface area contributed by atoms with E-state index in [2.05, 4.69) is 19.8 Å². The van der Waals surface area contributed by atoms with Crippen LogP contribution in [0.5, 0.6) is 0 Å². The van der Waals surface area contributed by atoms with Crippen molar-refractivity contribution < 1.29 is 9.53 Å². The minimum absolute atomic E-state index is 0.124. The van der Waals surface area contributed by atoms with Gasteiger partial charge in [0.05, 0.1) is 12.2 Å². The van der Waals surface area contributed by atoms with Gasteiger partial charge in [0.2, 0.25) is 0 Å². The van der Waals surface area contributed by atoms with Crippen LogP contribution in [0.1, 0.15) is 45.4 Å². The van der Waals surface area contributed by atoms with Crippen molar-refractivity contribution in [1.82, 2.24) is 0 Å². The molecular formula is C16H24O2. The van der Waals surface area contributed by atoms with Crippen LogP contribution >= 0.6 is 0 Å². The Morgan fingerprint density at radius 1 is 1.33 bits per heavy atom. The van der Waals surface area contributed by atoms with Crippen molar-refractivity contribution >= 4 is 6.29 Å². The maximum atomic E-state index is 11.4. The predicted octanol–water partition coefficient (Wildman–Crippen LogP) is 3.06. The minimum Gasteiger partial charge on any atom is -0.369 e. The third-order valence-corrected chi connectivity index (χ3v) is 5.32. The van der Waals surface area contributed by atoms with Gasteiger partial charge in [-0.15, -0.1) is 12.8 Å². The van der Waals surface area contributed by atoms with E-state index in [9.17, 15) is 4.79 Å². The molecule has 5 unspecified atom stereocenters. The van der Waals surface area contributed by atoms with Crippen LogP contribution in [-0.4, -0.2) is 18.5 Å². The number of carbonyl (C=O) groups excluding carboxylic acids is 1. The third-order valence-electron chi connectivity index (χ3n) is 5.32. The Hall–Kier alpha value is -0.810. The highest BCUT2D eigenvalue weighted by atomic mass is 16.6. The Bertz CT molecular complexity index is 316. The Kier molecular flexibility index (Phi) is 4.12. The molecule has 0 radical (unpaired) electrons. The van der Waals surface area contributed by atoms with Crippen molar-refractivity contribution in [1.29, 1.82) is 0 Å². The standard InChI is InChI=1S/C14H22O2.C2H2/c1-2-13-12(8-15)11-6-4-3-5-10(11)7-14(13)9-16-14;1-2/h8,10-13H,2-7,9H2,1H3;1-2H. The van der Waals surface area contributed by atoms with Crippen molar-refractivity contribution in [2.45, 2.75) is 51.0 Å². The van der Waals surface area contributed by atoms with Gasteiger partial charge in [-0.05, 0) is 37.0 Å². The minimum atomic E-state index is 0.124. The van der Waals surface area contributed by atoms with Gasteiger partial charge in [0.15, 0.2) is 0 Å². The molecule has 2 saturated carbocycles. The molecule has 0 aromatic heterocycles. The Balaban J connectivity index is 0.000000574. The molecule has 0 N–H and O–H groups in total. The maximum Gasteiger partial charge on any atom is 0.123 e. The fourth-order valence-corrected chi connectivity index (χ4v) is 4.51. The van der Waals surface area contributed by atoms with Crippen LogP contribution < -0.4 is 0 Å². The fraction of sp³-hybridized carbons (Fsp3) is 0.812. The lowest BCUT2D eigenvalue weighted by Crippen LogP contribution is -2.46. The molecule has 1 aliphatic heterocycles. The van der Waals surface area contributed by atoms with Gasteiger partial charge in [0.1, 0.15) is 6.29 Å². The van der Waals surface area contributed by atoms with E-state index in [4.69, 9.17) is 4.74 Å². The smallest absolute Gasteiger partial charge is 0.123 e. The van der Waals surface area contributed by atoms with Crippen LogP contribution in [0.15, 0.2) is 0 Å². The van der Waals surface area contributed by atoms with E-state index in [1.165, 1.54) is 38.4 Å². The van der Waals surface area contributed by atoms with Crippen LogP contribution in [0.2, 0.25) is 0 Å². The number of hydrogen-bond acceptors (Lipinski definition) is 2. The zero-order valence-corrected chi connectivity index (χ0v) is 11.3. The average Bonchev–Trinajstić information content (AvgIpc) is 3.19. The molecular weight excluding hydrogens is 224 g/mol. The summed E-state index contributed by atoms with van der Waals surface area (Å²) in [6.07, 6.45) is 16.9. The highest BCUT2D eigenvalue weighted by Crippen LogP contribution is 2.56. The monoisotopic (exact) mass is 248 g/mol. The summed E-state index contributed by atoms with van der Waals surface area (Å²) in [4.78, 5) is 11.4. The van der Waals surface area contributed by atoms with Crippen LogP contribution in [0, 0.1) is 36.5 Å². The molecule has 5 atom stereocenters. The van der Waals surface area contributed by atoms with Gasteiger partial charge in [0, 0.05) is 5.92 Å². The molecule has 0 bridgehead atoms. The lowest BCUT2D eigenvalue weighted by Gasteiger charge is -2.46. The summed E-state index contributed by atoms with van der Waals surface area (Å²) in [6, 6.07) is 0. The van der Waals surface area contributed by atoms with E-state index in [-0.39, 0.29) is 11.5 Å². The number of fused-ring (bicyclic) bond motifs is 1. The molecule has 100 valence electrons. The highest BCUT2D eigenvalue weighted by Gasteiger charge is 2.60. The largest absolute Gasteiger partial charge is 0.369 e. The summed E-state index contributed by atoms with van der Waals surface area (Å²) in [5.41, 5.74) is 0.124. The van der Waals surface area contributed by atoms with Crippen LogP contribution in [0.4, 0.5) is 0 Å². The van der Waals surface area contributed by atoms with Crippen LogP contribution in [0.3, 0.4) is 0 Å². The first kappa shape index (κ1) is 13.6. The Morgan fingerprint density at radius 3 is 2.56 bits per heavy atom. The molecule has 3 fully saturated rings.